The number of fused-ring (bicyclic) bond motifs is 1. The van der Waals surface area contributed by atoms with Crippen molar-refractivity contribution < 1.29 is 14.5 Å². The number of nitrogens with zero attached hydrogens (tertiary/aromatic N) is 3. The largest absolute Gasteiger partial charge is 0.376 e. The maximum atomic E-state index is 13.4. The van der Waals surface area contributed by atoms with Crippen LogP contribution in [0.25, 0.3) is 10.2 Å². The monoisotopic (exact) mass is 429 g/mol. The van der Waals surface area contributed by atoms with Gasteiger partial charge in [-0.25, -0.2) is 4.98 Å². The van der Waals surface area contributed by atoms with Crippen LogP contribution in [0.1, 0.15) is 23.2 Å². The quantitative estimate of drug-likeness (QED) is 0.319. The SMILES string of the molecule is CSc1ccc(C(=O)N(CC2CCCO2)c2nc3ccccc3s2)cc1[N+](=O)[O-]. The molecule has 0 bridgehead atoms. The van der Waals surface area contributed by atoms with Gasteiger partial charge in [0.25, 0.3) is 11.6 Å². The van der Waals surface area contributed by atoms with E-state index >= 15 is 0 Å². The van der Waals surface area contributed by atoms with Crippen LogP contribution in [-0.4, -0.2) is 41.3 Å². The van der Waals surface area contributed by atoms with Crippen LogP contribution < -0.4 is 4.90 Å². The zero-order chi connectivity index (χ0) is 20.4. The summed E-state index contributed by atoms with van der Waals surface area (Å²) in [5.74, 6) is -0.310. The molecule has 29 heavy (non-hydrogen) atoms. The molecule has 7 nitrogen and oxygen atoms in total. The number of amides is 1. The molecule has 1 saturated heterocycles. The maximum absolute atomic E-state index is 13.4. The van der Waals surface area contributed by atoms with Gasteiger partial charge in [0.15, 0.2) is 5.13 Å². The molecule has 2 aromatic carbocycles. The second-order valence-electron chi connectivity index (χ2n) is 6.66. The fourth-order valence-electron chi connectivity index (χ4n) is 3.34. The van der Waals surface area contributed by atoms with Crippen LogP contribution in [0.4, 0.5) is 10.8 Å². The van der Waals surface area contributed by atoms with E-state index in [0.29, 0.717) is 23.2 Å². The van der Waals surface area contributed by atoms with Gasteiger partial charge in [0.1, 0.15) is 0 Å². The van der Waals surface area contributed by atoms with E-state index < -0.39 is 4.92 Å². The number of aromatic nitrogens is 1. The zero-order valence-electron chi connectivity index (χ0n) is 15.7. The number of nitro benzene ring substituents is 1. The number of thiazole rings is 1. The Bertz CT molecular complexity index is 1030. The second kappa shape index (κ2) is 8.48. The van der Waals surface area contributed by atoms with Gasteiger partial charge in [-0.05, 0) is 43.4 Å². The average molecular weight is 430 g/mol. The lowest BCUT2D eigenvalue weighted by molar-refractivity contribution is -0.387. The number of benzene rings is 2. The molecule has 1 aliphatic heterocycles. The van der Waals surface area contributed by atoms with Crippen LogP contribution in [-0.2, 0) is 4.74 Å². The van der Waals surface area contributed by atoms with Crippen molar-refractivity contribution in [2.24, 2.45) is 0 Å². The summed E-state index contributed by atoms with van der Waals surface area (Å²) >= 11 is 2.71. The molecule has 1 aliphatic rings. The van der Waals surface area contributed by atoms with Crippen molar-refractivity contribution in [1.29, 1.82) is 0 Å². The number of para-hydroxylation sites is 1. The summed E-state index contributed by atoms with van der Waals surface area (Å²) in [6.45, 7) is 1.05. The van der Waals surface area contributed by atoms with E-state index in [1.54, 1.807) is 23.3 Å². The van der Waals surface area contributed by atoms with Crippen molar-refractivity contribution in [2.75, 3.05) is 24.3 Å². The molecule has 150 valence electrons. The molecule has 0 radical (unpaired) electrons. The second-order valence-corrected chi connectivity index (χ2v) is 8.52. The first-order chi connectivity index (χ1) is 14.1. The summed E-state index contributed by atoms with van der Waals surface area (Å²) in [6.07, 6.45) is 3.54. The molecule has 1 unspecified atom stereocenters. The number of anilines is 1. The fourth-order valence-corrected chi connectivity index (χ4v) is 4.86. The first-order valence-corrected chi connectivity index (χ1v) is 11.2. The number of rotatable bonds is 6. The van der Waals surface area contributed by atoms with Crippen molar-refractivity contribution in [1.82, 2.24) is 4.98 Å². The summed E-state index contributed by atoms with van der Waals surface area (Å²) < 4.78 is 6.72. The fraction of sp³-hybridized carbons (Fsp3) is 0.300. The predicted octanol–water partition coefficient (Wildman–Crippen LogP) is 4.75. The maximum Gasteiger partial charge on any atom is 0.283 e. The molecule has 3 aromatic rings. The summed E-state index contributed by atoms with van der Waals surface area (Å²) in [7, 11) is 0. The Hall–Kier alpha value is -2.49. The number of carbonyl (C=O) groups is 1. The van der Waals surface area contributed by atoms with Crippen LogP contribution in [0.5, 0.6) is 0 Å². The van der Waals surface area contributed by atoms with Gasteiger partial charge in [0.2, 0.25) is 0 Å². The van der Waals surface area contributed by atoms with E-state index in [-0.39, 0.29) is 23.3 Å². The van der Waals surface area contributed by atoms with E-state index in [0.717, 1.165) is 23.1 Å². The molecule has 0 N–H and O–H groups in total. The molecular formula is C20H19N3O4S2. The Morgan fingerprint density at radius 1 is 1.38 bits per heavy atom. The van der Waals surface area contributed by atoms with Crippen molar-refractivity contribution in [3.05, 3.63) is 58.1 Å². The Balaban J connectivity index is 1.73. The van der Waals surface area contributed by atoms with Crippen LogP contribution in [0.15, 0.2) is 47.4 Å². The van der Waals surface area contributed by atoms with E-state index in [1.165, 1.54) is 29.2 Å². The van der Waals surface area contributed by atoms with Crippen molar-refractivity contribution in [3.8, 4) is 0 Å². The van der Waals surface area contributed by atoms with E-state index in [1.807, 2.05) is 24.3 Å². The Labute approximate surface area is 175 Å². The minimum Gasteiger partial charge on any atom is -0.376 e. The molecule has 0 saturated carbocycles. The van der Waals surface area contributed by atoms with Gasteiger partial charge < -0.3 is 4.74 Å². The van der Waals surface area contributed by atoms with Gasteiger partial charge in [0, 0.05) is 18.2 Å². The molecule has 4 rings (SSSR count). The number of hydrogen-bond acceptors (Lipinski definition) is 7. The van der Waals surface area contributed by atoms with Crippen molar-refractivity contribution in [3.63, 3.8) is 0 Å². The summed E-state index contributed by atoms with van der Waals surface area (Å²) in [6, 6.07) is 12.3. The minimum absolute atomic E-state index is 0.0635. The van der Waals surface area contributed by atoms with Crippen LogP contribution in [0.3, 0.4) is 0 Å². The van der Waals surface area contributed by atoms with E-state index in [9.17, 15) is 14.9 Å². The third-order valence-electron chi connectivity index (χ3n) is 4.79. The standard InChI is InChI=1S/C20H19N3O4S2/c1-28-18-9-8-13(11-16(18)23(25)26)19(24)22(12-14-5-4-10-27-14)20-21-15-6-2-3-7-17(15)29-20/h2-3,6-9,11,14H,4-5,10,12H2,1H3. The highest BCUT2D eigenvalue weighted by Gasteiger charge is 2.28. The summed E-state index contributed by atoms with van der Waals surface area (Å²) in [4.78, 5) is 31.1. The Morgan fingerprint density at radius 3 is 2.90 bits per heavy atom. The number of hydrogen-bond donors (Lipinski definition) is 0. The van der Waals surface area contributed by atoms with Crippen LogP contribution in [0.2, 0.25) is 0 Å². The number of nitro groups is 1. The van der Waals surface area contributed by atoms with Crippen LogP contribution >= 0.6 is 23.1 Å². The minimum atomic E-state index is -0.454. The third-order valence-corrected chi connectivity index (χ3v) is 6.64. The summed E-state index contributed by atoms with van der Waals surface area (Å²) in [5, 5.41) is 12.0. The molecule has 9 heteroatoms. The molecule has 1 amide bonds. The third kappa shape index (κ3) is 4.12. The topological polar surface area (TPSA) is 85.6 Å². The normalized spacial score (nSPS) is 16.2. The molecule has 2 heterocycles. The Kier molecular flexibility index (Phi) is 5.79. The smallest absolute Gasteiger partial charge is 0.283 e. The average Bonchev–Trinajstić information content (AvgIpc) is 3.40. The number of thioether (sulfide) groups is 1. The van der Waals surface area contributed by atoms with Gasteiger partial charge in [-0.2, -0.15) is 0 Å². The zero-order valence-corrected chi connectivity index (χ0v) is 17.4. The number of ether oxygens (including phenoxy) is 1. The van der Waals surface area contributed by atoms with Crippen LogP contribution in [0, 0.1) is 10.1 Å². The van der Waals surface area contributed by atoms with Gasteiger partial charge >= 0.3 is 0 Å². The lowest BCUT2D eigenvalue weighted by Crippen LogP contribution is -2.37. The molecule has 1 fully saturated rings. The van der Waals surface area contributed by atoms with E-state index in [2.05, 4.69) is 4.98 Å². The van der Waals surface area contributed by atoms with Gasteiger partial charge in [0.05, 0.1) is 32.7 Å². The Morgan fingerprint density at radius 2 is 2.21 bits per heavy atom. The van der Waals surface area contributed by atoms with Crippen molar-refractivity contribution in [2.45, 2.75) is 23.8 Å². The summed E-state index contributed by atoms with van der Waals surface area (Å²) in [5.41, 5.74) is 1.03. The lowest BCUT2D eigenvalue weighted by atomic mass is 10.1. The molecule has 0 aliphatic carbocycles. The van der Waals surface area contributed by atoms with E-state index in [4.69, 9.17) is 4.74 Å². The number of carbonyl (C=O) groups excluding carboxylic acids is 1. The molecule has 1 aromatic heterocycles. The first kappa shape index (κ1) is 19.8. The first-order valence-electron chi connectivity index (χ1n) is 9.18. The van der Waals surface area contributed by atoms with Gasteiger partial charge in [-0.3, -0.25) is 19.8 Å². The highest BCUT2D eigenvalue weighted by atomic mass is 32.2. The lowest BCUT2D eigenvalue weighted by Gasteiger charge is -2.23. The molecular weight excluding hydrogens is 410 g/mol. The van der Waals surface area contributed by atoms with Crippen molar-refractivity contribution >= 4 is 50.0 Å². The predicted molar refractivity (Wildman–Crippen MR) is 115 cm³/mol. The highest BCUT2D eigenvalue weighted by molar-refractivity contribution is 7.98. The molecule has 1 atom stereocenters. The van der Waals surface area contributed by atoms with Gasteiger partial charge in [-0.1, -0.05) is 23.5 Å². The highest BCUT2D eigenvalue weighted by Crippen LogP contribution is 2.33. The molecule has 0 spiro atoms. The van der Waals surface area contributed by atoms with Gasteiger partial charge in [-0.15, -0.1) is 11.8 Å².